The topological polar surface area (TPSA) is 71.5 Å². The van der Waals surface area contributed by atoms with Crippen LogP contribution in [0, 0.1) is 0 Å². The summed E-state index contributed by atoms with van der Waals surface area (Å²) in [6.07, 6.45) is 1.55. The first-order chi connectivity index (χ1) is 11.7. The Balaban J connectivity index is 1.95. The minimum Gasteiger partial charge on any atom is -0.496 e. The number of carboxylic acids is 1. The molecule has 0 aliphatic carbocycles. The first-order valence-electron chi connectivity index (χ1n) is 7.38. The van der Waals surface area contributed by atoms with Crippen LogP contribution in [0.3, 0.4) is 0 Å². The molecule has 5 nitrogen and oxygen atoms in total. The van der Waals surface area contributed by atoms with E-state index in [9.17, 15) is 9.90 Å². The second kappa shape index (κ2) is 6.83. The molecular weight excluding hydrogens is 304 g/mol. The van der Waals surface area contributed by atoms with Gasteiger partial charge < -0.3 is 15.2 Å². The Morgan fingerprint density at radius 2 is 1.88 bits per heavy atom. The Labute approximate surface area is 139 Å². The molecule has 3 aromatic rings. The lowest BCUT2D eigenvalue weighted by Gasteiger charge is -2.13. The Hall–Kier alpha value is -3.34. The van der Waals surface area contributed by atoms with Crippen LogP contribution in [0.15, 0.2) is 66.9 Å². The van der Waals surface area contributed by atoms with Crippen molar-refractivity contribution in [2.45, 2.75) is 0 Å². The van der Waals surface area contributed by atoms with Gasteiger partial charge in [0.05, 0.1) is 7.11 Å². The van der Waals surface area contributed by atoms with Crippen molar-refractivity contribution in [2.75, 3.05) is 12.4 Å². The van der Waals surface area contributed by atoms with Crippen molar-refractivity contribution in [3.8, 4) is 16.9 Å². The molecule has 120 valence electrons. The van der Waals surface area contributed by atoms with Crippen molar-refractivity contribution >= 4 is 17.5 Å². The summed E-state index contributed by atoms with van der Waals surface area (Å²) in [5, 5.41) is 12.3. The summed E-state index contributed by atoms with van der Waals surface area (Å²) in [5.41, 5.74) is 2.82. The maximum Gasteiger partial charge on any atom is 0.339 e. The molecule has 0 unspecified atom stereocenters. The number of pyridine rings is 1. The fraction of sp³-hybridized carbons (Fsp3) is 0.0526. The molecule has 0 aliphatic heterocycles. The molecule has 0 saturated heterocycles. The molecule has 0 aliphatic rings. The maximum atomic E-state index is 11.3. The van der Waals surface area contributed by atoms with Crippen LogP contribution in [0.25, 0.3) is 11.1 Å². The third-order valence-electron chi connectivity index (χ3n) is 3.59. The molecule has 0 fully saturated rings. The summed E-state index contributed by atoms with van der Waals surface area (Å²) < 4.78 is 5.48. The van der Waals surface area contributed by atoms with E-state index in [0.29, 0.717) is 17.3 Å². The molecule has 5 heteroatoms. The quantitative estimate of drug-likeness (QED) is 0.737. The van der Waals surface area contributed by atoms with Crippen molar-refractivity contribution in [1.82, 2.24) is 4.98 Å². The molecule has 0 radical (unpaired) electrons. The number of methoxy groups -OCH3 is 1. The SMILES string of the molecule is COc1cc(Nc2ncccc2C(=O)O)ccc1-c1ccccc1. The highest BCUT2D eigenvalue weighted by Crippen LogP contribution is 2.33. The number of ether oxygens (including phenoxy) is 1. The van der Waals surface area contributed by atoms with E-state index in [1.165, 1.54) is 6.07 Å². The monoisotopic (exact) mass is 320 g/mol. The minimum atomic E-state index is -1.03. The lowest BCUT2D eigenvalue weighted by Crippen LogP contribution is -2.04. The predicted octanol–water partition coefficient (Wildman–Crippen LogP) is 4.20. The summed E-state index contributed by atoms with van der Waals surface area (Å²) in [7, 11) is 1.61. The van der Waals surface area contributed by atoms with Crippen LogP contribution in [0.4, 0.5) is 11.5 Å². The number of anilines is 2. The van der Waals surface area contributed by atoms with E-state index in [0.717, 1.165) is 11.1 Å². The zero-order chi connectivity index (χ0) is 16.9. The molecule has 0 bridgehead atoms. The highest BCUT2D eigenvalue weighted by molar-refractivity contribution is 5.94. The second-order valence-corrected chi connectivity index (χ2v) is 5.11. The number of carboxylic acid groups (broad SMARTS) is 1. The summed E-state index contributed by atoms with van der Waals surface area (Å²) in [6.45, 7) is 0. The van der Waals surface area contributed by atoms with Crippen molar-refractivity contribution in [2.24, 2.45) is 0 Å². The van der Waals surface area contributed by atoms with E-state index in [1.807, 2.05) is 48.5 Å². The van der Waals surface area contributed by atoms with E-state index in [2.05, 4.69) is 10.3 Å². The normalized spacial score (nSPS) is 10.2. The molecule has 2 N–H and O–H groups in total. The number of aromatic nitrogens is 1. The van der Waals surface area contributed by atoms with Crippen LogP contribution in [-0.4, -0.2) is 23.2 Å². The number of hydrogen-bond acceptors (Lipinski definition) is 4. The molecule has 24 heavy (non-hydrogen) atoms. The van der Waals surface area contributed by atoms with Gasteiger partial charge in [-0.2, -0.15) is 0 Å². The Bertz CT molecular complexity index is 863. The zero-order valence-electron chi connectivity index (χ0n) is 13.1. The summed E-state index contributed by atoms with van der Waals surface area (Å²) in [4.78, 5) is 15.4. The number of nitrogens with one attached hydrogen (secondary N) is 1. The standard InChI is InChI=1S/C19H16N2O3/c1-24-17-12-14(9-10-15(17)13-6-3-2-4-7-13)21-18-16(19(22)23)8-5-11-20-18/h2-12H,1H3,(H,20,21)(H,22,23). The van der Waals surface area contributed by atoms with E-state index in [4.69, 9.17) is 4.74 Å². The highest BCUT2D eigenvalue weighted by atomic mass is 16.5. The van der Waals surface area contributed by atoms with Crippen LogP contribution in [0.1, 0.15) is 10.4 Å². The summed E-state index contributed by atoms with van der Waals surface area (Å²) >= 11 is 0. The fourth-order valence-corrected chi connectivity index (χ4v) is 2.44. The Morgan fingerprint density at radius 1 is 1.08 bits per heavy atom. The smallest absolute Gasteiger partial charge is 0.339 e. The van der Waals surface area contributed by atoms with E-state index < -0.39 is 5.97 Å². The third kappa shape index (κ3) is 3.20. The minimum absolute atomic E-state index is 0.114. The van der Waals surface area contributed by atoms with Gasteiger partial charge in [0.25, 0.3) is 0 Å². The molecule has 0 spiro atoms. The fourth-order valence-electron chi connectivity index (χ4n) is 2.44. The molecule has 1 heterocycles. The van der Waals surface area contributed by atoms with Crippen molar-refractivity contribution in [1.29, 1.82) is 0 Å². The van der Waals surface area contributed by atoms with Crippen LogP contribution >= 0.6 is 0 Å². The van der Waals surface area contributed by atoms with Crippen molar-refractivity contribution < 1.29 is 14.6 Å². The van der Waals surface area contributed by atoms with Gasteiger partial charge in [-0.15, -0.1) is 0 Å². The van der Waals surface area contributed by atoms with Gasteiger partial charge in [0.2, 0.25) is 0 Å². The highest BCUT2D eigenvalue weighted by Gasteiger charge is 2.12. The molecular formula is C19H16N2O3. The third-order valence-corrected chi connectivity index (χ3v) is 3.59. The summed E-state index contributed by atoms with van der Waals surface area (Å²) in [6, 6.07) is 18.6. The molecule has 0 saturated carbocycles. The summed E-state index contributed by atoms with van der Waals surface area (Å²) in [5.74, 6) is -0.0445. The number of aromatic carboxylic acids is 1. The van der Waals surface area contributed by atoms with Gasteiger partial charge in [0.1, 0.15) is 17.1 Å². The maximum absolute atomic E-state index is 11.3. The molecule has 0 atom stereocenters. The Morgan fingerprint density at radius 3 is 2.58 bits per heavy atom. The van der Waals surface area contributed by atoms with Crippen molar-refractivity contribution in [3.05, 3.63) is 72.4 Å². The average Bonchev–Trinajstić information content (AvgIpc) is 2.62. The van der Waals surface area contributed by atoms with Crippen LogP contribution < -0.4 is 10.1 Å². The molecule has 1 aromatic heterocycles. The van der Waals surface area contributed by atoms with Crippen LogP contribution in [0.5, 0.6) is 5.75 Å². The number of carbonyl (C=O) groups is 1. The Kier molecular flexibility index (Phi) is 4.43. The van der Waals surface area contributed by atoms with Gasteiger partial charge in [0.15, 0.2) is 0 Å². The zero-order valence-corrected chi connectivity index (χ0v) is 13.1. The van der Waals surface area contributed by atoms with Gasteiger partial charge >= 0.3 is 5.97 Å². The first-order valence-corrected chi connectivity index (χ1v) is 7.38. The lowest BCUT2D eigenvalue weighted by atomic mass is 10.0. The van der Waals surface area contributed by atoms with E-state index >= 15 is 0 Å². The number of rotatable bonds is 5. The second-order valence-electron chi connectivity index (χ2n) is 5.11. The van der Waals surface area contributed by atoms with Gasteiger partial charge in [-0.25, -0.2) is 9.78 Å². The molecule has 3 rings (SSSR count). The van der Waals surface area contributed by atoms with E-state index in [-0.39, 0.29) is 5.56 Å². The largest absolute Gasteiger partial charge is 0.496 e. The molecule has 0 amide bonds. The number of nitrogens with zero attached hydrogens (tertiary/aromatic N) is 1. The lowest BCUT2D eigenvalue weighted by molar-refractivity contribution is 0.0697. The number of benzene rings is 2. The molecule has 2 aromatic carbocycles. The predicted molar refractivity (Wildman–Crippen MR) is 92.9 cm³/mol. The van der Waals surface area contributed by atoms with Gasteiger partial charge in [-0.3, -0.25) is 0 Å². The first kappa shape index (κ1) is 15.6. The van der Waals surface area contributed by atoms with E-state index in [1.54, 1.807) is 19.4 Å². The van der Waals surface area contributed by atoms with Crippen LogP contribution in [0.2, 0.25) is 0 Å². The number of hydrogen-bond donors (Lipinski definition) is 2. The average molecular weight is 320 g/mol. The van der Waals surface area contributed by atoms with Gasteiger partial charge in [-0.05, 0) is 29.8 Å². The van der Waals surface area contributed by atoms with Crippen molar-refractivity contribution in [3.63, 3.8) is 0 Å². The van der Waals surface area contributed by atoms with Crippen LogP contribution in [-0.2, 0) is 0 Å². The van der Waals surface area contributed by atoms with Gasteiger partial charge in [0, 0.05) is 23.5 Å². The van der Waals surface area contributed by atoms with Gasteiger partial charge in [-0.1, -0.05) is 30.3 Å².